The lowest BCUT2D eigenvalue weighted by atomic mass is 10.0. The van der Waals surface area contributed by atoms with E-state index in [1.54, 1.807) is 0 Å². The number of non-ortho nitro benzene ring substituents is 1. The van der Waals surface area contributed by atoms with E-state index in [1.807, 2.05) is 37.3 Å². The van der Waals surface area contributed by atoms with Crippen LogP contribution in [0.2, 0.25) is 0 Å². The molecule has 0 aliphatic carbocycles. The molecule has 0 aromatic heterocycles. The number of nitro groups is 1. The van der Waals surface area contributed by atoms with Crippen molar-refractivity contribution in [1.82, 2.24) is 5.32 Å². The van der Waals surface area contributed by atoms with Crippen molar-refractivity contribution in [2.24, 2.45) is 0 Å². The Labute approximate surface area is 134 Å². The fourth-order valence-electron chi connectivity index (χ4n) is 2.03. The maximum Gasteiger partial charge on any atom is 0.269 e. The van der Waals surface area contributed by atoms with Crippen LogP contribution >= 0.6 is 0 Å². The van der Waals surface area contributed by atoms with Crippen LogP contribution in [-0.2, 0) is 4.79 Å². The van der Waals surface area contributed by atoms with Gasteiger partial charge in [0.2, 0.25) is 0 Å². The third-order valence-electron chi connectivity index (χ3n) is 3.39. The van der Waals surface area contributed by atoms with Crippen LogP contribution in [0.1, 0.15) is 18.4 Å². The molecule has 6 nitrogen and oxygen atoms in total. The molecule has 1 atom stereocenters. The summed E-state index contributed by atoms with van der Waals surface area (Å²) in [6.07, 6.45) is 0. The van der Waals surface area contributed by atoms with Crippen molar-refractivity contribution in [1.29, 1.82) is 0 Å². The second kappa shape index (κ2) is 7.93. The van der Waals surface area contributed by atoms with Gasteiger partial charge in [-0.2, -0.15) is 0 Å². The van der Waals surface area contributed by atoms with Gasteiger partial charge in [-0.1, -0.05) is 37.3 Å². The van der Waals surface area contributed by atoms with Crippen LogP contribution in [0, 0.1) is 10.1 Å². The molecule has 6 heteroatoms. The van der Waals surface area contributed by atoms with E-state index < -0.39 is 4.92 Å². The smallest absolute Gasteiger partial charge is 0.269 e. The lowest BCUT2D eigenvalue weighted by molar-refractivity contribution is -0.384. The monoisotopic (exact) mass is 314 g/mol. The largest absolute Gasteiger partial charge is 0.484 e. The summed E-state index contributed by atoms with van der Waals surface area (Å²) in [6.45, 7) is 2.43. The number of benzene rings is 2. The number of hydrogen-bond donors (Lipinski definition) is 1. The van der Waals surface area contributed by atoms with Crippen LogP contribution in [0.25, 0.3) is 0 Å². The summed E-state index contributed by atoms with van der Waals surface area (Å²) in [5, 5.41) is 13.4. The first-order chi connectivity index (χ1) is 11.1. The van der Waals surface area contributed by atoms with Crippen molar-refractivity contribution < 1.29 is 14.5 Å². The highest BCUT2D eigenvalue weighted by atomic mass is 16.6. The van der Waals surface area contributed by atoms with Crippen LogP contribution in [0.15, 0.2) is 54.6 Å². The Morgan fingerprint density at radius 2 is 1.83 bits per heavy atom. The number of ether oxygens (including phenoxy) is 1. The van der Waals surface area contributed by atoms with Gasteiger partial charge in [0, 0.05) is 18.7 Å². The van der Waals surface area contributed by atoms with Crippen LogP contribution < -0.4 is 10.1 Å². The number of nitrogens with one attached hydrogen (secondary N) is 1. The van der Waals surface area contributed by atoms with Gasteiger partial charge in [0.05, 0.1) is 4.92 Å². The van der Waals surface area contributed by atoms with Crippen LogP contribution in [-0.4, -0.2) is 24.0 Å². The third kappa shape index (κ3) is 5.10. The number of rotatable bonds is 7. The Morgan fingerprint density at radius 3 is 2.43 bits per heavy atom. The highest BCUT2D eigenvalue weighted by molar-refractivity contribution is 5.77. The van der Waals surface area contributed by atoms with Crippen LogP contribution in [0.4, 0.5) is 5.69 Å². The van der Waals surface area contributed by atoms with Gasteiger partial charge in [-0.15, -0.1) is 0 Å². The number of nitrogens with zero attached hydrogens (tertiary/aromatic N) is 1. The number of carbonyl (C=O) groups excluding carboxylic acids is 1. The van der Waals surface area contributed by atoms with Crippen LogP contribution in [0.5, 0.6) is 5.75 Å². The molecule has 0 radical (unpaired) electrons. The molecule has 0 saturated carbocycles. The summed E-state index contributed by atoms with van der Waals surface area (Å²) in [5.41, 5.74) is 1.14. The molecule has 0 fully saturated rings. The summed E-state index contributed by atoms with van der Waals surface area (Å²) in [5.74, 6) is 0.396. The first kappa shape index (κ1) is 16.5. The van der Waals surface area contributed by atoms with Crippen molar-refractivity contribution in [3.8, 4) is 5.75 Å². The third-order valence-corrected chi connectivity index (χ3v) is 3.39. The second-order valence-electron chi connectivity index (χ2n) is 5.16. The SMILES string of the molecule is C[C@H](CNC(=O)COc1ccc([N+](=O)[O-])cc1)c1ccccc1. The Balaban J connectivity index is 1.75. The van der Waals surface area contributed by atoms with E-state index in [9.17, 15) is 14.9 Å². The molecule has 23 heavy (non-hydrogen) atoms. The van der Waals surface area contributed by atoms with E-state index in [4.69, 9.17) is 4.74 Å². The average Bonchev–Trinajstić information content (AvgIpc) is 2.59. The zero-order chi connectivity index (χ0) is 16.7. The number of amides is 1. The van der Waals surface area contributed by atoms with Gasteiger partial charge in [0.1, 0.15) is 5.75 Å². The zero-order valence-corrected chi connectivity index (χ0v) is 12.8. The molecule has 1 amide bonds. The van der Waals surface area contributed by atoms with E-state index in [2.05, 4.69) is 5.32 Å². The molecule has 1 N–H and O–H groups in total. The quantitative estimate of drug-likeness (QED) is 0.629. The molecule has 2 aromatic rings. The first-order valence-electron chi connectivity index (χ1n) is 7.25. The van der Waals surface area contributed by atoms with E-state index in [0.717, 1.165) is 5.56 Å². The van der Waals surface area contributed by atoms with Gasteiger partial charge in [-0.25, -0.2) is 0 Å². The number of hydrogen-bond acceptors (Lipinski definition) is 4. The number of nitro benzene ring substituents is 1. The van der Waals surface area contributed by atoms with Gasteiger partial charge in [0.25, 0.3) is 11.6 Å². The Bertz CT molecular complexity index is 656. The predicted molar refractivity (Wildman–Crippen MR) is 86.5 cm³/mol. The molecule has 2 rings (SSSR count). The van der Waals surface area contributed by atoms with E-state index >= 15 is 0 Å². The summed E-state index contributed by atoms with van der Waals surface area (Å²) in [6, 6.07) is 15.5. The maximum atomic E-state index is 11.8. The molecule has 0 spiro atoms. The Morgan fingerprint density at radius 1 is 1.17 bits per heavy atom. The lowest BCUT2D eigenvalue weighted by Crippen LogP contribution is -2.31. The minimum Gasteiger partial charge on any atom is -0.484 e. The van der Waals surface area contributed by atoms with Crippen molar-refractivity contribution in [3.05, 3.63) is 70.3 Å². The summed E-state index contributed by atoms with van der Waals surface area (Å²) in [7, 11) is 0. The second-order valence-corrected chi connectivity index (χ2v) is 5.16. The van der Waals surface area contributed by atoms with Gasteiger partial charge in [-0.3, -0.25) is 14.9 Å². The van der Waals surface area contributed by atoms with E-state index in [1.165, 1.54) is 24.3 Å². The van der Waals surface area contributed by atoms with Crippen molar-refractivity contribution >= 4 is 11.6 Å². The normalized spacial score (nSPS) is 11.5. The van der Waals surface area contributed by atoms with Crippen molar-refractivity contribution in [3.63, 3.8) is 0 Å². The molecular formula is C17H18N2O4. The summed E-state index contributed by atoms with van der Waals surface area (Å²) < 4.78 is 5.31. The first-order valence-corrected chi connectivity index (χ1v) is 7.25. The van der Waals surface area contributed by atoms with Gasteiger partial charge < -0.3 is 10.1 Å². The Hall–Kier alpha value is -2.89. The standard InChI is InChI=1S/C17H18N2O4/c1-13(14-5-3-2-4-6-14)11-18-17(20)12-23-16-9-7-15(8-10-16)19(21)22/h2-10,13H,11-12H2,1H3,(H,18,20)/t13-/m1/s1. The molecule has 120 valence electrons. The minimum atomic E-state index is -0.485. The fourth-order valence-corrected chi connectivity index (χ4v) is 2.03. The zero-order valence-electron chi connectivity index (χ0n) is 12.8. The Kier molecular flexibility index (Phi) is 5.68. The summed E-state index contributed by atoms with van der Waals surface area (Å²) in [4.78, 5) is 21.8. The summed E-state index contributed by atoms with van der Waals surface area (Å²) >= 11 is 0. The van der Waals surface area contributed by atoms with Crippen LogP contribution in [0.3, 0.4) is 0 Å². The molecule has 0 heterocycles. The topological polar surface area (TPSA) is 81.5 Å². The predicted octanol–water partition coefficient (Wildman–Crippen LogP) is 2.89. The van der Waals surface area contributed by atoms with E-state index in [-0.39, 0.29) is 24.1 Å². The molecule has 0 unspecified atom stereocenters. The number of carbonyl (C=O) groups is 1. The van der Waals surface area contributed by atoms with Gasteiger partial charge in [0.15, 0.2) is 6.61 Å². The highest BCUT2D eigenvalue weighted by Crippen LogP contribution is 2.17. The molecule has 0 aliphatic rings. The molecule has 0 bridgehead atoms. The molecule has 2 aromatic carbocycles. The van der Waals surface area contributed by atoms with Gasteiger partial charge in [-0.05, 0) is 23.6 Å². The molecule has 0 saturated heterocycles. The van der Waals surface area contributed by atoms with Crippen molar-refractivity contribution in [2.75, 3.05) is 13.2 Å². The lowest BCUT2D eigenvalue weighted by Gasteiger charge is -2.13. The highest BCUT2D eigenvalue weighted by Gasteiger charge is 2.09. The molecular weight excluding hydrogens is 296 g/mol. The van der Waals surface area contributed by atoms with E-state index in [0.29, 0.717) is 12.3 Å². The minimum absolute atomic E-state index is 0.0153. The van der Waals surface area contributed by atoms with Crippen molar-refractivity contribution in [2.45, 2.75) is 12.8 Å². The average molecular weight is 314 g/mol. The maximum absolute atomic E-state index is 11.8. The molecule has 0 aliphatic heterocycles. The fraction of sp³-hybridized carbons (Fsp3) is 0.235. The van der Waals surface area contributed by atoms with Gasteiger partial charge >= 0.3 is 0 Å².